The number of aryl methyl sites for hydroxylation is 2. The minimum atomic E-state index is 0.131. The summed E-state index contributed by atoms with van der Waals surface area (Å²) in [6.07, 6.45) is 1.01. The zero-order valence-corrected chi connectivity index (χ0v) is 12.0. The number of carbonyl (C=O) groups excluding carboxylic acids is 1. The second kappa shape index (κ2) is 6.06. The molecule has 0 bridgehead atoms. The largest absolute Gasteiger partial charge is 0.496 e. The van der Waals surface area contributed by atoms with Crippen molar-refractivity contribution >= 4 is 5.91 Å². The summed E-state index contributed by atoms with van der Waals surface area (Å²) in [5.74, 6) is 0.971. The molecule has 1 heterocycles. The SMILES string of the molecule is COc1cc(C)c(C(=O)N2CCCNCC2)cc1C. The first-order chi connectivity index (χ1) is 9.13. The van der Waals surface area contributed by atoms with E-state index in [1.165, 1.54) is 0 Å². The molecule has 1 aliphatic rings. The second-order valence-corrected chi connectivity index (χ2v) is 5.03. The van der Waals surface area contributed by atoms with Crippen LogP contribution in [0.3, 0.4) is 0 Å². The third-order valence-corrected chi connectivity index (χ3v) is 3.60. The van der Waals surface area contributed by atoms with E-state index in [4.69, 9.17) is 4.74 Å². The Hall–Kier alpha value is -1.55. The third-order valence-electron chi connectivity index (χ3n) is 3.60. The van der Waals surface area contributed by atoms with Gasteiger partial charge in [0.1, 0.15) is 5.75 Å². The molecule has 1 amide bonds. The first kappa shape index (κ1) is 13.9. The maximum Gasteiger partial charge on any atom is 0.254 e. The molecule has 19 heavy (non-hydrogen) atoms. The maximum absolute atomic E-state index is 12.6. The lowest BCUT2D eigenvalue weighted by Gasteiger charge is -2.21. The standard InChI is InChI=1S/C15H22N2O2/c1-11-10-14(19-3)12(2)9-13(11)15(18)17-7-4-5-16-6-8-17/h9-10,16H,4-8H2,1-3H3. The van der Waals surface area contributed by atoms with Crippen LogP contribution in [-0.4, -0.2) is 44.1 Å². The normalized spacial score (nSPS) is 16.1. The molecule has 4 nitrogen and oxygen atoms in total. The lowest BCUT2D eigenvalue weighted by molar-refractivity contribution is 0.0765. The highest BCUT2D eigenvalue weighted by molar-refractivity contribution is 5.96. The number of amides is 1. The Morgan fingerprint density at radius 1 is 1.21 bits per heavy atom. The van der Waals surface area contributed by atoms with Gasteiger partial charge in [-0.3, -0.25) is 4.79 Å². The molecule has 0 aromatic heterocycles. The number of carbonyl (C=O) groups is 1. The van der Waals surface area contributed by atoms with Gasteiger partial charge in [0, 0.05) is 25.2 Å². The third kappa shape index (κ3) is 3.07. The van der Waals surface area contributed by atoms with Crippen molar-refractivity contribution in [2.75, 3.05) is 33.3 Å². The summed E-state index contributed by atoms with van der Waals surface area (Å²) in [5.41, 5.74) is 2.77. The van der Waals surface area contributed by atoms with Crippen LogP contribution in [0.5, 0.6) is 5.75 Å². The summed E-state index contributed by atoms with van der Waals surface area (Å²) in [5, 5.41) is 3.31. The summed E-state index contributed by atoms with van der Waals surface area (Å²) in [4.78, 5) is 14.5. The Bertz CT molecular complexity index is 463. The summed E-state index contributed by atoms with van der Waals surface area (Å²) < 4.78 is 5.29. The molecule has 104 valence electrons. The van der Waals surface area contributed by atoms with E-state index in [1.54, 1.807) is 7.11 Å². The molecular formula is C15H22N2O2. The molecule has 1 fully saturated rings. The Kier molecular flexibility index (Phi) is 4.43. The minimum Gasteiger partial charge on any atom is -0.496 e. The van der Waals surface area contributed by atoms with Crippen LogP contribution in [0.25, 0.3) is 0 Å². The molecule has 0 saturated carbocycles. The smallest absolute Gasteiger partial charge is 0.254 e. The summed E-state index contributed by atoms with van der Waals surface area (Å²) in [7, 11) is 1.66. The highest BCUT2D eigenvalue weighted by atomic mass is 16.5. The maximum atomic E-state index is 12.6. The van der Waals surface area contributed by atoms with E-state index < -0.39 is 0 Å². The average molecular weight is 262 g/mol. The highest BCUT2D eigenvalue weighted by Gasteiger charge is 2.19. The van der Waals surface area contributed by atoms with E-state index in [-0.39, 0.29) is 5.91 Å². The predicted octanol–water partition coefficient (Wildman–Crippen LogP) is 1.75. The molecule has 0 unspecified atom stereocenters. The zero-order chi connectivity index (χ0) is 13.8. The molecule has 4 heteroatoms. The van der Waals surface area contributed by atoms with E-state index in [2.05, 4.69) is 5.32 Å². The van der Waals surface area contributed by atoms with Crippen molar-refractivity contribution in [3.05, 3.63) is 28.8 Å². The van der Waals surface area contributed by atoms with Crippen molar-refractivity contribution in [3.63, 3.8) is 0 Å². The topological polar surface area (TPSA) is 41.6 Å². The van der Waals surface area contributed by atoms with Crippen molar-refractivity contribution in [1.29, 1.82) is 0 Å². The van der Waals surface area contributed by atoms with Gasteiger partial charge in [-0.2, -0.15) is 0 Å². The van der Waals surface area contributed by atoms with Crippen LogP contribution in [0, 0.1) is 13.8 Å². The Labute approximate surface area is 114 Å². The summed E-state index contributed by atoms with van der Waals surface area (Å²) in [6, 6.07) is 3.88. The van der Waals surface area contributed by atoms with Crippen LogP contribution in [0.15, 0.2) is 12.1 Å². The highest BCUT2D eigenvalue weighted by Crippen LogP contribution is 2.23. The second-order valence-electron chi connectivity index (χ2n) is 5.03. The van der Waals surface area contributed by atoms with Gasteiger partial charge in [-0.25, -0.2) is 0 Å². The van der Waals surface area contributed by atoms with Crippen LogP contribution < -0.4 is 10.1 Å². The number of nitrogens with zero attached hydrogens (tertiary/aromatic N) is 1. The van der Waals surface area contributed by atoms with Gasteiger partial charge in [-0.1, -0.05) is 0 Å². The molecule has 1 aromatic rings. The Morgan fingerprint density at radius 2 is 2.00 bits per heavy atom. The van der Waals surface area contributed by atoms with Crippen molar-refractivity contribution in [2.45, 2.75) is 20.3 Å². The van der Waals surface area contributed by atoms with Crippen LogP contribution in [0.4, 0.5) is 0 Å². The van der Waals surface area contributed by atoms with Gasteiger partial charge in [0.15, 0.2) is 0 Å². The lowest BCUT2D eigenvalue weighted by Crippen LogP contribution is -2.34. The van der Waals surface area contributed by atoms with Gasteiger partial charge in [0.05, 0.1) is 7.11 Å². The van der Waals surface area contributed by atoms with Gasteiger partial charge in [-0.15, -0.1) is 0 Å². The fourth-order valence-corrected chi connectivity index (χ4v) is 2.46. The van der Waals surface area contributed by atoms with Crippen molar-refractivity contribution < 1.29 is 9.53 Å². The van der Waals surface area contributed by atoms with Gasteiger partial charge in [-0.05, 0) is 50.1 Å². The van der Waals surface area contributed by atoms with Gasteiger partial charge >= 0.3 is 0 Å². The monoisotopic (exact) mass is 262 g/mol. The molecule has 0 radical (unpaired) electrons. The minimum absolute atomic E-state index is 0.131. The fraction of sp³-hybridized carbons (Fsp3) is 0.533. The van der Waals surface area contributed by atoms with Crippen molar-refractivity contribution in [1.82, 2.24) is 10.2 Å². The van der Waals surface area contributed by atoms with E-state index in [1.807, 2.05) is 30.9 Å². The fourth-order valence-electron chi connectivity index (χ4n) is 2.46. The van der Waals surface area contributed by atoms with Crippen LogP contribution in [0.2, 0.25) is 0 Å². The first-order valence-electron chi connectivity index (χ1n) is 6.78. The number of benzene rings is 1. The van der Waals surface area contributed by atoms with Gasteiger partial charge in [0.25, 0.3) is 5.91 Å². The molecule has 0 aliphatic carbocycles. The predicted molar refractivity (Wildman–Crippen MR) is 75.9 cm³/mol. The molecule has 0 atom stereocenters. The molecule has 1 N–H and O–H groups in total. The summed E-state index contributed by atoms with van der Waals surface area (Å²) in [6.45, 7) is 7.41. The number of hydrogen-bond donors (Lipinski definition) is 1. The van der Waals surface area contributed by atoms with E-state index >= 15 is 0 Å². The Balaban J connectivity index is 2.25. The molecule has 1 aromatic carbocycles. The average Bonchev–Trinajstić information content (AvgIpc) is 2.69. The van der Waals surface area contributed by atoms with Crippen molar-refractivity contribution in [2.24, 2.45) is 0 Å². The first-order valence-corrected chi connectivity index (χ1v) is 6.78. The lowest BCUT2D eigenvalue weighted by atomic mass is 10.0. The number of methoxy groups -OCH3 is 1. The van der Waals surface area contributed by atoms with E-state index in [0.29, 0.717) is 0 Å². The number of rotatable bonds is 2. The zero-order valence-electron chi connectivity index (χ0n) is 12.0. The molecule has 1 saturated heterocycles. The van der Waals surface area contributed by atoms with E-state index in [9.17, 15) is 4.79 Å². The van der Waals surface area contributed by atoms with E-state index in [0.717, 1.165) is 55.0 Å². The van der Waals surface area contributed by atoms with Crippen molar-refractivity contribution in [3.8, 4) is 5.75 Å². The van der Waals surface area contributed by atoms with Crippen LogP contribution in [-0.2, 0) is 0 Å². The number of nitrogens with one attached hydrogen (secondary N) is 1. The molecular weight excluding hydrogens is 240 g/mol. The molecule has 1 aliphatic heterocycles. The number of ether oxygens (including phenoxy) is 1. The van der Waals surface area contributed by atoms with Gasteiger partial charge < -0.3 is 15.0 Å². The molecule has 0 spiro atoms. The van der Waals surface area contributed by atoms with Gasteiger partial charge in [0.2, 0.25) is 0 Å². The molecule has 2 rings (SSSR count). The number of hydrogen-bond acceptors (Lipinski definition) is 3. The summed E-state index contributed by atoms with van der Waals surface area (Å²) >= 11 is 0. The van der Waals surface area contributed by atoms with Crippen LogP contribution >= 0.6 is 0 Å². The van der Waals surface area contributed by atoms with Crippen LogP contribution in [0.1, 0.15) is 27.9 Å². The quantitative estimate of drug-likeness (QED) is 0.883. The Morgan fingerprint density at radius 3 is 2.74 bits per heavy atom.